The quantitative estimate of drug-likeness (QED) is 0.857. The van der Waals surface area contributed by atoms with Gasteiger partial charge in [0, 0.05) is 6.07 Å². The first-order valence-corrected chi connectivity index (χ1v) is 5.88. The third kappa shape index (κ3) is 3.49. The second-order valence-corrected chi connectivity index (χ2v) is 3.67. The third-order valence-electron chi connectivity index (χ3n) is 2.30. The summed E-state index contributed by atoms with van der Waals surface area (Å²) in [5.41, 5.74) is 6.20. The van der Waals surface area contributed by atoms with Crippen LogP contribution in [-0.2, 0) is 6.18 Å². The molecule has 6 heteroatoms. The van der Waals surface area contributed by atoms with E-state index in [1.54, 1.807) is 13.0 Å². The van der Waals surface area contributed by atoms with E-state index in [1.165, 1.54) is 16.8 Å². The summed E-state index contributed by atoms with van der Waals surface area (Å²) in [7, 11) is 0. The average molecular weight is 271 g/mol. The van der Waals surface area contributed by atoms with Crippen molar-refractivity contribution >= 4 is 5.82 Å². The van der Waals surface area contributed by atoms with E-state index in [9.17, 15) is 13.2 Å². The lowest BCUT2D eigenvalue weighted by molar-refractivity contribution is -0.137. The van der Waals surface area contributed by atoms with Crippen LogP contribution in [-0.4, -0.2) is 9.78 Å². The largest absolute Gasteiger partial charge is 0.416 e. The van der Waals surface area contributed by atoms with Gasteiger partial charge in [-0.25, -0.2) is 4.68 Å². The van der Waals surface area contributed by atoms with Gasteiger partial charge in [-0.05, 0) is 31.2 Å². The molecule has 0 saturated carbocycles. The molecule has 0 atom stereocenters. The molecule has 3 nitrogen and oxygen atoms in total. The Morgan fingerprint density at radius 1 is 1.11 bits per heavy atom. The van der Waals surface area contributed by atoms with E-state index in [1.807, 2.05) is 13.8 Å². The van der Waals surface area contributed by atoms with E-state index in [-0.39, 0.29) is 0 Å². The summed E-state index contributed by atoms with van der Waals surface area (Å²) in [6.45, 7) is 5.76. The van der Waals surface area contributed by atoms with Gasteiger partial charge in [0.2, 0.25) is 0 Å². The van der Waals surface area contributed by atoms with E-state index in [4.69, 9.17) is 5.73 Å². The first-order chi connectivity index (χ1) is 8.88. The summed E-state index contributed by atoms with van der Waals surface area (Å²) in [5.74, 6) is 0.391. The Labute approximate surface area is 109 Å². The second kappa shape index (κ2) is 5.77. The zero-order valence-corrected chi connectivity index (χ0v) is 11.0. The minimum absolute atomic E-state index is 0.391. The number of aryl methyl sites for hydroxylation is 1. The second-order valence-electron chi connectivity index (χ2n) is 3.67. The van der Waals surface area contributed by atoms with Gasteiger partial charge in [-0.1, -0.05) is 13.8 Å². The highest BCUT2D eigenvalue weighted by Gasteiger charge is 2.30. The molecule has 0 radical (unpaired) electrons. The van der Waals surface area contributed by atoms with Gasteiger partial charge in [-0.15, -0.1) is 0 Å². The van der Waals surface area contributed by atoms with Crippen LogP contribution in [0.1, 0.15) is 25.1 Å². The van der Waals surface area contributed by atoms with Crippen molar-refractivity contribution in [1.82, 2.24) is 9.78 Å². The standard InChI is InChI=1S/C11H10F3N3.C2H6/c1-7-6-10(15)17(16-7)9-4-2-8(3-5-9)11(12,13)14;1-2/h2-6H,15H2,1H3;1-2H3. The summed E-state index contributed by atoms with van der Waals surface area (Å²) < 4.78 is 38.5. The van der Waals surface area contributed by atoms with Crippen LogP contribution in [0.5, 0.6) is 0 Å². The maximum atomic E-state index is 12.4. The molecule has 0 fully saturated rings. The number of hydrogen-bond donors (Lipinski definition) is 1. The van der Waals surface area contributed by atoms with E-state index < -0.39 is 11.7 Å². The van der Waals surface area contributed by atoms with Crippen LogP contribution in [0.4, 0.5) is 19.0 Å². The molecule has 0 unspecified atom stereocenters. The number of nitrogen functional groups attached to an aromatic ring is 1. The van der Waals surface area contributed by atoms with Crippen molar-refractivity contribution in [3.05, 3.63) is 41.6 Å². The molecule has 104 valence electrons. The van der Waals surface area contributed by atoms with Gasteiger partial charge in [0.05, 0.1) is 16.9 Å². The lowest BCUT2D eigenvalue weighted by atomic mass is 10.2. The predicted molar refractivity (Wildman–Crippen MR) is 69.1 cm³/mol. The van der Waals surface area contributed by atoms with Crippen molar-refractivity contribution in [3.8, 4) is 5.69 Å². The molecule has 19 heavy (non-hydrogen) atoms. The molecule has 0 amide bonds. The summed E-state index contributed by atoms with van der Waals surface area (Å²) in [6.07, 6.45) is -4.33. The van der Waals surface area contributed by atoms with E-state index in [0.717, 1.165) is 12.1 Å². The van der Waals surface area contributed by atoms with Crippen LogP contribution < -0.4 is 5.73 Å². The van der Waals surface area contributed by atoms with Gasteiger partial charge >= 0.3 is 6.18 Å². The Hall–Kier alpha value is -1.98. The fraction of sp³-hybridized carbons (Fsp3) is 0.308. The van der Waals surface area contributed by atoms with Gasteiger partial charge < -0.3 is 5.73 Å². The van der Waals surface area contributed by atoms with Crippen LogP contribution >= 0.6 is 0 Å². The molecule has 0 aliphatic carbocycles. The number of anilines is 1. The van der Waals surface area contributed by atoms with Gasteiger partial charge in [0.1, 0.15) is 5.82 Å². The molecule has 1 heterocycles. The third-order valence-corrected chi connectivity index (χ3v) is 2.30. The highest BCUT2D eigenvalue weighted by molar-refractivity contribution is 5.43. The Morgan fingerprint density at radius 2 is 1.63 bits per heavy atom. The summed E-state index contributed by atoms with van der Waals surface area (Å²) >= 11 is 0. The van der Waals surface area contributed by atoms with Crippen LogP contribution in [0.3, 0.4) is 0 Å². The van der Waals surface area contributed by atoms with Gasteiger partial charge in [-0.3, -0.25) is 0 Å². The van der Waals surface area contributed by atoms with Gasteiger partial charge in [-0.2, -0.15) is 18.3 Å². The number of rotatable bonds is 1. The molecule has 2 aromatic rings. The number of nitrogens with two attached hydrogens (primary N) is 1. The minimum atomic E-state index is -4.33. The van der Waals surface area contributed by atoms with Crippen LogP contribution in [0.2, 0.25) is 0 Å². The Balaban J connectivity index is 0.000000861. The van der Waals surface area contributed by atoms with Crippen LogP contribution in [0.25, 0.3) is 5.69 Å². The lowest BCUT2D eigenvalue weighted by Gasteiger charge is -2.08. The number of aromatic nitrogens is 2. The normalized spacial score (nSPS) is 10.8. The maximum Gasteiger partial charge on any atom is 0.416 e. The zero-order valence-electron chi connectivity index (χ0n) is 11.0. The smallest absolute Gasteiger partial charge is 0.384 e. The zero-order chi connectivity index (χ0) is 14.6. The highest BCUT2D eigenvalue weighted by atomic mass is 19.4. The summed E-state index contributed by atoms with van der Waals surface area (Å²) in [4.78, 5) is 0. The van der Waals surface area contributed by atoms with Crippen LogP contribution in [0.15, 0.2) is 30.3 Å². The molecule has 0 saturated heterocycles. The molecule has 0 aliphatic rings. The number of benzene rings is 1. The SMILES string of the molecule is CC.Cc1cc(N)n(-c2ccc(C(F)(F)F)cc2)n1. The van der Waals surface area contributed by atoms with E-state index in [2.05, 4.69) is 5.10 Å². The fourth-order valence-electron chi connectivity index (χ4n) is 1.52. The van der Waals surface area contributed by atoms with Gasteiger partial charge in [0.15, 0.2) is 0 Å². The molecule has 2 N–H and O–H groups in total. The van der Waals surface area contributed by atoms with Crippen molar-refractivity contribution in [2.24, 2.45) is 0 Å². The lowest BCUT2D eigenvalue weighted by Crippen LogP contribution is -2.06. The molecule has 0 aliphatic heterocycles. The van der Waals surface area contributed by atoms with E-state index in [0.29, 0.717) is 17.2 Å². The molecule has 1 aromatic heterocycles. The summed E-state index contributed by atoms with van der Waals surface area (Å²) in [6, 6.07) is 6.34. The average Bonchev–Trinajstić information content (AvgIpc) is 2.70. The van der Waals surface area contributed by atoms with Crippen molar-refractivity contribution in [2.45, 2.75) is 26.9 Å². The monoisotopic (exact) mass is 271 g/mol. The molecular formula is C13H16F3N3. The number of hydrogen-bond acceptors (Lipinski definition) is 2. The Morgan fingerprint density at radius 3 is 2.00 bits per heavy atom. The molecule has 0 bridgehead atoms. The Kier molecular flexibility index (Phi) is 4.58. The molecule has 2 rings (SSSR count). The number of nitrogens with zero attached hydrogens (tertiary/aromatic N) is 2. The predicted octanol–water partition coefficient (Wildman–Crippen LogP) is 3.81. The molecule has 1 aromatic carbocycles. The fourth-order valence-corrected chi connectivity index (χ4v) is 1.52. The van der Waals surface area contributed by atoms with Crippen molar-refractivity contribution in [2.75, 3.05) is 5.73 Å². The number of halogens is 3. The van der Waals surface area contributed by atoms with Crippen molar-refractivity contribution < 1.29 is 13.2 Å². The highest BCUT2D eigenvalue weighted by Crippen LogP contribution is 2.29. The van der Waals surface area contributed by atoms with Crippen LogP contribution in [0, 0.1) is 6.92 Å². The van der Waals surface area contributed by atoms with E-state index >= 15 is 0 Å². The first-order valence-electron chi connectivity index (χ1n) is 5.88. The maximum absolute atomic E-state index is 12.4. The van der Waals surface area contributed by atoms with Crippen molar-refractivity contribution in [3.63, 3.8) is 0 Å². The number of alkyl halides is 3. The topological polar surface area (TPSA) is 43.8 Å². The van der Waals surface area contributed by atoms with Gasteiger partial charge in [0.25, 0.3) is 0 Å². The molecule has 0 spiro atoms. The summed E-state index contributed by atoms with van der Waals surface area (Å²) in [5, 5.41) is 4.08. The van der Waals surface area contributed by atoms with Crippen molar-refractivity contribution in [1.29, 1.82) is 0 Å². The molecular weight excluding hydrogens is 255 g/mol. The first kappa shape index (κ1) is 15.1. The Bertz CT molecular complexity index is 527. The minimum Gasteiger partial charge on any atom is -0.384 e.